The molecule has 10 heteroatoms. The number of benzene rings is 3. The average molecular weight is 558 g/mol. The Balaban J connectivity index is 1.80. The summed E-state index contributed by atoms with van der Waals surface area (Å²) in [6.07, 6.45) is 0.0152. The monoisotopic (exact) mass is 557 g/mol. The quantitative estimate of drug-likeness (QED) is 0.222. The van der Waals surface area contributed by atoms with Crippen molar-refractivity contribution >= 4 is 18.0 Å². The Morgan fingerprint density at radius 1 is 1.00 bits per heavy atom. The van der Waals surface area contributed by atoms with Crippen LogP contribution in [0.3, 0.4) is 0 Å². The molecule has 3 aromatic carbocycles. The lowest BCUT2D eigenvalue weighted by Crippen LogP contribution is -2.36. The number of carbonyl (C=O) groups excluding carboxylic acids is 1. The van der Waals surface area contributed by atoms with E-state index in [-0.39, 0.29) is 12.5 Å². The fraction of sp³-hybridized carbons (Fsp3) is 0.233. The van der Waals surface area contributed by atoms with Gasteiger partial charge in [-0.25, -0.2) is 13.6 Å². The van der Waals surface area contributed by atoms with E-state index in [2.05, 4.69) is 4.99 Å². The van der Waals surface area contributed by atoms with Gasteiger partial charge in [0.2, 0.25) is 0 Å². The van der Waals surface area contributed by atoms with Crippen LogP contribution in [0.5, 0.6) is 5.75 Å². The van der Waals surface area contributed by atoms with Gasteiger partial charge in [0.25, 0.3) is 0 Å². The molecule has 0 amide bonds. The number of nitrogens with zero attached hydrogens (tertiary/aromatic N) is 1. The van der Waals surface area contributed by atoms with Crippen molar-refractivity contribution in [2.75, 3.05) is 6.61 Å². The second-order valence-corrected chi connectivity index (χ2v) is 9.38. The smallest absolute Gasteiger partial charge is 0.416 e. The van der Waals surface area contributed by atoms with Crippen molar-refractivity contribution in [1.29, 1.82) is 0 Å². The van der Waals surface area contributed by atoms with Gasteiger partial charge in [-0.1, -0.05) is 13.0 Å². The van der Waals surface area contributed by atoms with E-state index in [0.29, 0.717) is 47.1 Å². The Hall–Kier alpha value is -4.34. The third-order valence-corrected chi connectivity index (χ3v) is 6.53. The summed E-state index contributed by atoms with van der Waals surface area (Å²) < 4.78 is 74.1. The van der Waals surface area contributed by atoms with E-state index >= 15 is 0 Å². The second-order valence-electron chi connectivity index (χ2n) is 9.38. The van der Waals surface area contributed by atoms with Crippen LogP contribution < -0.4 is 4.74 Å². The Labute approximate surface area is 226 Å². The SMILES string of the molecule is CCCOc1ccc(-c2cc(C(=O)O)c(F)cc2C)cc1CC1(C(=O)c2ccc(C(F)(F)F)cc2F)C=CC=N1. The average Bonchev–Trinajstić information content (AvgIpc) is 3.36. The molecule has 0 bridgehead atoms. The Bertz CT molecular complexity index is 1530. The largest absolute Gasteiger partial charge is 0.493 e. The molecule has 0 aliphatic carbocycles. The number of ether oxygens (including phenoxy) is 1. The molecule has 4 rings (SSSR count). The van der Waals surface area contributed by atoms with Crippen molar-refractivity contribution in [3.8, 4) is 16.9 Å². The lowest BCUT2D eigenvalue weighted by atomic mass is 9.83. The molecular weight excluding hydrogens is 533 g/mol. The molecule has 1 N–H and O–H groups in total. The van der Waals surface area contributed by atoms with E-state index in [0.717, 1.165) is 12.1 Å². The molecule has 40 heavy (non-hydrogen) atoms. The number of aliphatic imine (C=N–C) groups is 1. The molecular formula is C30H24F5NO4. The molecule has 1 atom stereocenters. The number of Topliss-reactive ketones (excluding diaryl/α,β-unsaturated/α-hetero) is 1. The molecule has 0 radical (unpaired) electrons. The number of carboxylic acid groups (broad SMARTS) is 1. The number of carboxylic acids is 1. The van der Waals surface area contributed by atoms with Gasteiger partial charge in [0.15, 0.2) is 5.78 Å². The van der Waals surface area contributed by atoms with Crippen molar-refractivity contribution in [1.82, 2.24) is 0 Å². The number of hydrogen-bond donors (Lipinski definition) is 1. The van der Waals surface area contributed by atoms with Crippen LogP contribution >= 0.6 is 0 Å². The summed E-state index contributed by atoms with van der Waals surface area (Å²) in [5.74, 6) is -4.10. The zero-order valence-electron chi connectivity index (χ0n) is 21.5. The highest BCUT2D eigenvalue weighted by Gasteiger charge is 2.40. The van der Waals surface area contributed by atoms with E-state index in [1.807, 2.05) is 6.92 Å². The van der Waals surface area contributed by atoms with Gasteiger partial charge in [-0.3, -0.25) is 9.79 Å². The van der Waals surface area contributed by atoms with Gasteiger partial charge in [-0.2, -0.15) is 13.2 Å². The topological polar surface area (TPSA) is 76.0 Å². The van der Waals surface area contributed by atoms with Crippen molar-refractivity contribution in [2.24, 2.45) is 4.99 Å². The summed E-state index contributed by atoms with van der Waals surface area (Å²) >= 11 is 0. The Morgan fingerprint density at radius 2 is 1.73 bits per heavy atom. The summed E-state index contributed by atoms with van der Waals surface area (Å²) in [6, 6.07) is 8.98. The Kier molecular flexibility index (Phi) is 7.91. The molecule has 1 aliphatic rings. The van der Waals surface area contributed by atoms with Crippen LogP contribution in [0, 0.1) is 18.6 Å². The van der Waals surface area contributed by atoms with E-state index in [1.54, 1.807) is 25.1 Å². The van der Waals surface area contributed by atoms with E-state index in [4.69, 9.17) is 4.74 Å². The maximum atomic E-state index is 14.8. The fourth-order valence-corrected chi connectivity index (χ4v) is 4.53. The first-order chi connectivity index (χ1) is 18.9. The summed E-state index contributed by atoms with van der Waals surface area (Å²) in [4.78, 5) is 29.4. The van der Waals surface area contributed by atoms with Crippen molar-refractivity contribution in [3.63, 3.8) is 0 Å². The minimum Gasteiger partial charge on any atom is -0.493 e. The van der Waals surface area contributed by atoms with Crippen molar-refractivity contribution in [2.45, 2.75) is 38.4 Å². The highest BCUT2D eigenvalue weighted by molar-refractivity contribution is 6.07. The molecule has 208 valence electrons. The number of carbonyl (C=O) groups is 2. The third kappa shape index (κ3) is 5.66. The zero-order valence-corrected chi connectivity index (χ0v) is 21.5. The number of ketones is 1. The van der Waals surface area contributed by atoms with Crippen LogP contribution in [-0.4, -0.2) is 35.2 Å². The minimum absolute atomic E-state index is 0.141. The van der Waals surface area contributed by atoms with Crippen molar-refractivity contribution in [3.05, 3.63) is 100 Å². The second kappa shape index (κ2) is 11.0. The number of alkyl halides is 3. The van der Waals surface area contributed by atoms with Gasteiger partial charge < -0.3 is 9.84 Å². The molecule has 0 fully saturated rings. The molecule has 3 aromatic rings. The molecule has 1 heterocycles. The van der Waals surface area contributed by atoms with Gasteiger partial charge >= 0.3 is 12.1 Å². The molecule has 0 aromatic heterocycles. The highest BCUT2D eigenvalue weighted by atomic mass is 19.4. The van der Waals surface area contributed by atoms with Crippen LogP contribution in [0.2, 0.25) is 0 Å². The van der Waals surface area contributed by atoms with Crippen LogP contribution in [0.1, 0.15) is 50.8 Å². The first-order valence-corrected chi connectivity index (χ1v) is 12.3. The molecule has 0 spiro atoms. The predicted octanol–water partition coefficient (Wildman–Crippen LogP) is 7.25. The van der Waals surface area contributed by atoms with Gasteiger partial charge in [0.05, 0.1) is 23.3 Å². The lowest BCUT2D eigenvalue weighted by molar-refractivity contribution is -0.137. The van der Waals surface area contributed by atoms with Gasteiger partial charge in [0.1, 0.15) is 22.9 Å². The first kappa shape index (κ1) is 28.7. The van der Waals surface area contributed by atoms with Crippen LogP contribution in [0.15, 0.2) is 65.7 Å². The van der Waals surface area contributed by atoms with Gasteiger partial charge in [0, 0.05) is 12.6 Å². The number of rotatable bonds is 9. The zero-order chi connectivity index (χ0) is 29.2. The summed E-state index contributed by atoms with van der Waals surface area (Å²) in [5, 5.41) is 9.39. The van der Waals surface area contributed by atoms with Crippen LogP contribution in [0.4, 0.5) is 22.0 Å². The first-order valence-electron chi connectivity index (χ1n) is 12.3. The summed E-state index contributed by atoms with van der Waals surface area (Å²) in [7, 11) is 0. The number of hydrogen-bond acceptors (Lipinski definition) is 4. The predicted molar refractivity (Wildman–Crippen MR) is 139 cm³/mol. The van der Waals surface area contributed by atoms with E-state index in [1.165, 1.54) is 24.4 Å². The van der Waals surface area contributed by atoms with Crippen LogP contribution in [0.25, 0.3) is 11.1 Å². The molecule has 1 aliphatic heterocycles. The summed E-state index contributed by atoms with van der Waals surface area (Å²) in [5.41, 5.74) is -2.10. The van der Waals surface area contributed by atoms with Crippen molar-refractivity contribution < 1.29 is 41.4 Å². The number of aryl methyl sites for hydroxylation is 1. The van der Waals surface area contributed by atoms with E-state index in [9.17, 15) is 36.6 Å². The third-order valence-electron chi connectivity index (χ3n) is 6.53. The number of aromatic carboxylic acids is 1. The molecule has 5 nitrogen and oxygen atoms in total. The minimum atomic E-state index is -4.78. The molecule has 0 saturated heterocycles. The molecule has 1 unspecified atom stereocenters. The fourth-order valence-electron chi connectivity index (χ4n) is 4.53. The molecule has 0 saturated carbocycles. The van der Waals surface area contributed by atoms with Gasteiger partial charge in [-0.05, 0) is 90.2 Å². The number of allylic oxidation sites excluding steroid dienone is 1. The number of halogens is 5. The Morgan fingerprint density at radius 3 is 2.33 bits per heavy atom. The maximum Gasteiger partial charge on any atom is 0.416 e. The van der Waals surface area contributed by atoms with Gasteiger partial charge in [-0.15, -0.1) is 0 Å². The lowest BCUT2D eigenvalue weighted by Gasteiger charge is -2.25. The van der Waals surface area contributed by atoms with Crippen LogP contribution in [-0.2, 0) is 12.6 Å². The van der Waals surface area contributed by atoms with E-state index < -0.39 is 51.8 Å². The normalized spacial score (nSPS) is 16.4. The summed E-state index contributed by atoms with van der Waals surface area (Å²) in [6.45, 7) is 3.85. The standard InChI is InChI=1S/C30H24F5NO4/c1-3-11-40-26-8-5-18(22-15-23(28(38)39)24(31)12-17(22)2)13-19(26)16-29(9-4-10-36-29)27(37)21-7-6-20(14-25(21)32)30(33,34)35/h4-10,12-15H,3,11,16H2,1-2H3,(H,38,39). The maximum absolute atomic E-state index is 14.8. The highest BCUT2D eigenvalue weighted by Crippen LogP contribution is 2.37.